The van der Waals surface area contributed by atoms with Crippen molar-refractivity contribution < 1.29 is 4.79 Å². The molecule has 4 rings (SSSR count). The molecule has 0 spiro atoms. The summed E-state index contributed by atoms with van der Waals surface area (Å²) in [6, 6.07) is 8.18. The lowest BCUT2D eigenvalue weighted by atomic mass is 9.93. The molecule has 1 aliphatic rings. The number of fused-ring (bicyclic) bond motifs is 3. The van der Waals surface area contributed by atoms with Gasteiger partial charge in [0.05, 0.1) is 16.5 Å². The highest BCUT2D eigenvalue weighted by atomic mass is 35.5. The lowest BCUT2D eigenvalue weighted by Gasteiger charge is -2.28. The number of hydrogen-bond acceptors (Lipinski definition) is 3. The number of aryl methyl sites for hydroxylation is 2. The van der Waals surface area contributed by atoms with Gasteiger partial charge >= 0.3 is 0 Å². The molecular formula is C18H20ClN3OS. The van der Waals surface area contributed by atoms with Crippen LogP contribution in [0.5, 0.6) is 0 Å². The quantitative estimate of drug-likeness (QED) is 0.690. The first-order chi connectivity index (χ1) is 11.1. The van der Waals surface area contributed by atoms with Gasteiger partial charge in [-0.3, -0.25) is 4.79 Å². The average Bonchev–Trinajstić information content (AvgIpc) is 3.06. The maximum absolute atomic E-state index is 13.2. The molecule has 1 aromatic carbocycles. The lowest BCUT2D eigenvalue weighted by molar-refractivity contribution is 0.0901. The number of nitrogens with zero attached hydrogens (tertiary/aromatic N) is 3. The molecule has 126 valence electrons. The smallest absolute Gasteiger partial charge is 0.172 e. The maximum Gasteiger partial charge on any atom is 0.172 e. The highest BCUT2D eigenvalue weighted by molar-refractivity contribution is 8.00. The molecule has 0 amide bonds. The van der Waals surface area contributed by atoms with Gasteiger partial charge in [-0.05, 0) is 13.0 Å². The fraction of sp³-hybridized carbons (Fsp3) is 0.333. The molecule has 0 saturated carbocycles. The number of aromatic nitrogens is 3. The van der Waals surface area contributed by atoms with Crippen molar-refractivity contribution in [2.24, 2.45) is 13.0 Å². The number of carbonyl (C=O) groups is 1. The van der Waals surface area contributed by atoms with Crippen LogP contribution in [-0.2, 0) is 13.6 Å². The Kier molecular flexibility index (Phi) is 4.49. The third-order valence-electron chi connectivity index (χ3n) is 4.82. The number of imidazole rings is 1. The van der Waals surface area contributed by atoms with Crippen molar-refractivity contribution in [3.63, 3.8) is 0 Å². The van der Waals surface area contributed by atoms with E-state index >= 15 is 0 Å². The summed E-state index contributed by atoms with van der Waals surface area (Å²) >= 11 is 1.81. The van der Waals surface area contributed by atoms with Gasteiger partial charge in [0.1, 0.15) is 5.82 Å². The molecule has 0 saturated heterocycles. The number of rotatable bonds is 2. The van der Waals surface area contributed by atoms with Crippen LogP contribution in [0.4, 0.5) is 0 Å². The van der Waals surface area contributed by atoms with Gasteiger partial charge in [0.15, 0.2) is 5.78 Å². The minimum Gasteiger partial charge on any atom is -0.338 e. The molecule has 3 aromatic rings. The molecule has 3 heterocycles. The van der Waals surface area contributed by atoms with E-state index in [1.807, 2.05) is 37.0 Å². The number of ketones is 1. The molecule has 0 bridgehead atoms. The predicted octanol–water partition coefficient (Wildman–Crippen LogP) is 4.10. The van der Waals surface area contributed by atoms with Gasteiger partial charge < -0.3 is 9.13 Å². The topological polar surface area (TPSA) is 39.8 Å². The Morgan fingerprint density at radius 2 is 2.04 bits per heavy atom. The lowest BCUT2D eigenvalue weighted by Crippen LogP contribution is -2.32. The van der Waals surface area contributed by atoms with Gasteiger partial charge in [0, 0.05) is 42.1 Å². The van der Waals surface area contributed by atoms with E-state index in [1.165, 1.54) is 0 Å². The summed E-state index contributed by atoms with van der Waals surface area (Å²) < 4.78 is 4.23. The predicted molar refractivity (Wildman–Crippen MR) is 100 cm³/mol. The third-order valence-corrected chi connectivity index (χ3v) is 6.22. The summed E-state index contributed by atoms with van der Waals surface area (Å²) in [4.78, 5) is 17.5. The summed E-state index contributed by atoms with van der Waals surface area (Å²) in [6.45, 7) is 4.83. The van der Waals surface area contributed by atoms with Gasteiger partial charge in [0.2, 0.25) is 0 Å². The minimum absolute atomic E-state index is 0. The molecule has 4 nitrogen and oxygen atoms in total. The Hall–Kier alpha value is -1.72. The Bertz CT molecular complexity index is 914. The van der Waals surface area contributed by atoms with Crippen molar-refractivity contribution in [2.45, 2.75) is 30.7 Å². The molecule has 2 atom stereocenters. The number of hydrogen-bond donors (Lipinski definition) is 0. The van der Waals surface area contributed by atoms with Crippen molar-refractivity contribution in [1.82, 2.24) is 14.1 Å². The van der Waals surface area contributed by atoms with E-state index < -0.39 is 0 Å². The van der Waals surface area contributed by atoms with Crippen molar-refractivity contribution >= 4 is 40.9 Å². The molecule has 0 aliphatic carbocycles. The Morgan fingerprint density at radius 1 is 1.29 bits per heavy atom. The van der Waals surface area contributed by atoms with Crippen LogP contribution in [0.2, 0.25) is 0 Å². The molecule has 0 N–H and O–H groups in total. The summed E-state index contributed by atoms with van der Waals surface area (Å²) in [7, 11) is 2.05. The maximum atomic E-state index is 13.2. The van der Waals surface area contributed by atoms with E-state index in [2.05, 4.69) is 40.2 Å². The normalized spacial score (nSPS) is 20.0. The molecular weight excluding hydrogens is 342 g/mol. The van der Waals surface area contributed by atoms with Crippen LogP contribution in [-0.4, -0.2) is 25.2 Å². The first kappa shape index (κ1) is 17.1. The summed E-state index contributed by atoms with van der Waals surface area (Å²) in [5.41, 5.74) is 2.03. The first-order valence-electron chi connectivity index (χ1n) is 7.84. The molecule has 6 heteroatoms. The highest BCUT2D eigenvalue weighted by Crippen LogP contribution is 2.43. The van der Waals surface area contributed by atoms with Crippen LogP contribution in [0.15, 0.2) is 41.7 Å². The van der Waals surface area contributed by atoms with E-state index in [9.17, 15) is 4.79 Å². The number of para-hydroxylation sites is 1. The summed E-state index contributed by atoms with van der Waals surface area (Å²) in [5.74, 6) is 1.20. The molecule has 0 fully saturated rings. The van der Waals surface area contributed by atoms with Crippen molar-refractivity contribution in [3.05, 3.63) is 48.0 Å². The largest absolute Gasteiger partial charge is 0.338 e. The Labute approximate surface area is 151 Å². The van der Waals surface area contributed by atoms with Crippen LogP contribution in [0.25, 0.3) is 10.9 Å². The van der Waals surface area contributed by atoms with Gasteiger partial charge in [-0.15, -0.1) is 24.2 Å². The second-order valence-electron chi connectivity index (χ2n) is 6.18. The average molecular weight is 362 g/mol. The van der Waals surface area contributed by atoms with Crippen molar-refractivity contribution in [1.29, 1.82) is 0 Å². The minimum atomic E-state index is -0.0220. The first-order valence-corrected chi connectivity index (χ1v) is 8.72. The van der Waals surface area contributed by atoms with E-state index in [4.69, 9.17) is 0 Å². The fourth-order valence-corrected chi connectivity index (χ4v) is 4.75. The number of halogens is 1. The van der Waals surface area contributed by atoms with Gasteiger partial charge in [-0.25, -0.2) is 4.98 Å². The van der Waals surface area contributed by atoms with Crippen LogP contribution < -0.4 is 0 Å². The third kappa shape index (κ3) is 2.47. The van der Waals surface area contributed by atoms with Crippen molar-refractivity contribution in [3.8, 4) is 0 Å². The van der Waals surface area contributed by atoms with Crippen LogP contribution >= 0.6 is 24.2 Å². The number of thioether (sulfide) groups is 1. The zero-order chi connectivity index (χ0) is 16.1. The number of benzene rings is 1. The second kappa shape index (κ2) is 6.30. The standard InChI is InChI=1S/C18H19N3OS.ClH/c1-11-14(10-21-9-8-19-12(21)2)17(22)16-13-6-4-5-7-15(13)20(3)18(16)23-11;/h4-9,11,14H,10H2,1-3H3;1H. The Morgan fingerprint density at radius 3 is 2.75 bits per heavy atom. The van der Waals surface area contributed by atoms with E-state index in [1.54, 1.807) is 6.20 Å². The summed E-state index contributed by atoms with van der Waals surface area (Å²) in [6.07, 6.45) is 3.75. The van der Waals surface area contributed by atoms with E-state index in [0.29, 0.717) is 6.54 Å². The van der Waals surface area contributed by atoms with Gasteiger partial charge in [-0.2, -0.15) is 0 Å². The zero-order valence-corrected chi connectivity index (χ0v) is 15.5. The molecule has 1 aliphatic heterocycles. The summed E-state index contributed by atoms with van der Waals surface area (Å²) in [5, 5.41) is 2.42. The highest BCUT2D eigenvalue weighted by Gasteiger charge is 2.37. The van der Waals surface area contributed by atoms with Crippen LogP contribution in [0.3, 0.4) is 0 Å². The van der Waals surface area contributed by atoms with E-state index in [0.717, 1.165) is 27.3 Å². The van der Waals surface area contributed by atoms with Gasteiger partial charge in [-0.1, -0.05) is 25.1 Å². The second-order valence-corrected chi connectivity index (χ2v) is 7.54. The molecule has 2 aromatic heterocycles. The SMILES string of the molecule is Cc1nccn1CC1C(=O)c2c(n(C)c3ccccc23)SC1C.Cl. The number of Topliss-reactive ketones (excluding diaryl/α,β-unsaturated/α-hetero) is 1. The van der Waals surface area contributed by atoms with Crippen LogP contribution in [0.1, 0.15) is 23.1 Å². The van der Waals surface area contributed by atoms with E-state index in [-0.39, 0.29) is 29.4 Å². The monoisotopic (exact) mass is 361 g/mol. The fourth-order valence-electron chi connectivity index (χ4n) is 3.44. The van der Waals surface area contributed by atoms with Gasteiger partial charge in [0.25, 0.3) is 0 Å². The van der Waals surface area contributed by atoms with Crippen molar-refractivity contribution in [2.75, 3.05) is 0 Å². The Balaban J connectivity index is 0.00000169. The molecule has 24 heavy (non-hydrogen) atoms. The number of carbonyl (C=O) groups excluding carboxylic acids is 1. The zero-order valence-electron chi connectivity index (χ0n) is 13.9. The molecule has 2 unspecified atom stereocenters. The molecule has 0 radical (unpaired) electrons. The van der Waals surface area contributed by atoms with Crippen LogP contribution in [0, 0.1) is 12.8 Å².